The van der Waals surface area contributed by atoms with Crippen molar-refractivity contribution < 1.29 is 4.79 Å². The Balaban J connectivity index is 1.64. The first-order chi connectivity index (χ1) is 12.2. The molecular formula is C18H18N6O. The molecule has 2 aromatic heterocycles. The van der Waals surface area contributed by atoms with Crippen molar-refractivity contribution in [2.24, 2.45) is 0 Å². The molecule has 0 saturated carbocycles. The molecule has 25 heavy (non-hydrogen) atoms. The fourth-order valence-electron chi connectivity index (χ4n) is 3.30. The summed E-state index contributed by atoms with van der Waals surface area (Å²) in [7, 11) is 0. The van der Waals surface area contributed by atoms with E-state index in [1.54, 1.807) is 10.9 Å². The van der Waals surface area contributed by atoms with E-state index in [1.165, 1.54) is 0 Å². The van der Waals surface area contributed by atoms with Gasteiger partial charge in [-0.1, -0.05) is 12.1 Å². The molecule has 126 valence electrons. The second-order valence-corrected chi connectivity index (χ2v) is 6.10. The van der Waals surface area contributed by atoms with Crippen molar-refractivity contribution >= 4 is 5.91 Å². The van der Waals surface area contributed by atoms with E-state index in [2.05, 4.69) is 20.5 Å². The number of rotatable bonds is 3. The molecule has 1 aromatic carbocycles. The van der Waals surface area contributed by atoms with E-state index in [-0.39, 0.29) is 11.9 Å². The molecule has 1 aliphatic heterocycles. The molecule has 1 atom stereocenters. The lowest BCUT2D eigenvalue weighted by Gasteiger charge is -2.24. The third-order valence-corrected chi connectivity index (χ3v) is 4.51. The number of pyridine rings is 1. The lowest BCUT2D eigenvalue weighted by Crippen LogP contribution is -2.31. The molecule has 4 rings (SSSR count). The molecule has 1 unspecified atom stereocenters. The Labute approximate surface area is 145 Å². The number of carbonyl (C=O) groups excluding carboxylic acids is 1. The van der Waals surface area contributed by atoms with Gasteiger partial charge in [0.2, 0.25) is 0 Å². The number of likely N-dealkylation sites (tertiary alicyclic amines) is 1. The molecule has 1 aliphatic rings. The molecule has 7 nitrogen and oxygen atoms in total. The zero-order valence-electron chi connectivity index (χ0n) is 13.9. The molecule has 0 N–H and O–H groups in total. The summed E-state index contributed by atoms with van der Waals surface area (Å²) in [5, 5.41) is 11.5. The van der Waals surface area contributed by atoms with E-state index in [0.717, 1.165) is 30.8 Å². The van der Waals surface area contributed by atoms with Gasteiger partial charge in [-0.2, -0.15) is 4.68 Å². The van der Waals surface area contributed by atoms with Crippen LogP contribution < -0.4 is 0 Å². The number of amides is 1. The van der Waals surface area contributed by atoms with Crippen molar-refractivity contribution in [3.05, 3.63) is 65.7 Å². The van der Waals surface area contributed by atoms with Crippen molar-refractivity contribution in [3.63, 3.8) is 0 Å². The normalized spacial score (nSPS) is 17.0. The Hall–Kier alpha value is -3.09. The molecule has 0 aliphatic carbocycles. The van der Waals surface area contributed by atoms with Crippen LogP contribution >= 0.6 is 0 Å². The summed E-state index contributed by atoms with van der Waals surface area (Å²) in [6, 6.07) is 13.3. The SMILES string of the molecule is Cc1nnnn1-c1cccc(C(=O)N2CCCC2c2ccccn2)c1. The van der Waals surface area contributed by atoms with Gasteiger partial charge in [0.25, 0.3) is 5.91 Å². The zero-order chi connectivity index (χ0) is 17.2. The van der Waals surface area contributed by atoms with Crippen molar-refractivity contribution in [1.82, 2.24) is 30.1 Å². The van der Waals surface area contributed by atoms with Gasteiger partial charge in [0.1, 0.15) is 0 Å². The number of hydrogen-bond donors (Lipinski definition) is 0. The van der Waals surface area contributed by atoms with Crippen LogP contribution in [-0.4, -0.2) is 42.5 Å². The average Bonchev–Trinajstić information content (AvgIpc) is 3.31. The van der Waals surface area contributed by atoms with Crippen LogP contribution in [0.15, 0.2) is 48.7 Å². The summed E-state index contributed by atoms with van der Waals surface area (Å²) < 4.78 is 1.62. The summed E-state index contributed by atoms with van der Waals surface area (Å²) in [6.07, 6.45) is 3.70. The molecule has 0 bridgehead atoms. The van der Waals surface area contributed by atoms with Crippen molar-refractivity contribution in [2.75, 3.05) is 6.54 Å². The summed E-state index contributed by atoms with van der Waals surface area (Å²) >= 11 is 0. The van der Waals surface area contributed by atoms with Crippen LogP contribution in [0.25, 0.3) is 5.69 Å². The van der Waals surface area contributed by atoms with Crippen LogP contribution in [0.2, 0.25) is 0 Å². The quantitative estimate of drug-likeness (QED) is 0.735. The summed E-state index contributed by atoms with van der Waals surface area (Å²) in [4.78, 5) is 19.4. The summed E-state index contributed by atoms with van der Waals surface area (Å²) in [6.45, 7) is 2.57. The number of nitrogens with zero attached hydrogens (tertiary/aromatic N) is 6. The highest BCUT2D eigenvalue weighted by Crippen LogP contribution is 2.32. The Kier molecular flexibility index (Phi) is 3.97. The first-order valence-corrected chi connectivity index (χ1v) is 8.31. The van der Waals surface area contributed by atoms with E-state index >= 15 is 0 Å². The van der Waals surface area contributed by atoms with Gasteiger partial charge in [-0.15, -0.1) is 5.10 Å². The van der Waals surface area contributed by atoms with Gasteiger partial charge in [0.15, 0.2) is 5.82 Å². The van der Waals surface area contributed by atoms with Gasteiger partial charge in [-0.3, -0.25) is 9.78 Å². The van der Waals surface area contributed by atoms with Crippen LogP contribution in [0, 0.1) is 6.92 Å². The van der Waals surface area contributed by atoms with Gasteiger partial charge >= 0.3 is 0 Å². The van der Waals surface area contributed by atoms with Gasteiger partial charge in [-0.25, -0.2) is 0 Å². The number of benzene rings is 1. The molecule has 3 aromatic rings. The third-order valence-electron chi connectivity index (χ3n) is 4.51. The highest BCUT2D eigenvalue weighted by Gasteiger charge is 2.31. The van der Waals surface area contributed by atoms with E-state index in [4.69, 9.17) is 0 Å². The fourth-order valence-corrected chi connectivity index (χ4v) is 3.30. The predicted molar refractivity (Wildman–Crippen MR) is 91.1 cm³/mol. The largest absolute Gasteiger partial charge is 0.330 e. The second-order valence-electron chi connectivity index (χ2n) is 6.10. The topological polar surface area (TPSA) is 76.8 Å². The van der Waals surface area contributed by atoms with Crippen molar-refractivity contribution in [1.29, 1.82) is 0 Å². The minimum Gasteiger partial charge on any atom is -0.330 e. The van der Waals surface area contributed by atoms with Crippen LogP contribution in [0.3, 0.4) is 0 Å². The Morgan fingerprint density at radius 1 is 1.20 bits per heavy atom. The number of hydrogen-bond acceptors (Lipinski definition) is 5. The maximum Gasteiger partial charge on any atom is 0.254 e. The van der Waals surface area contributed by atoms with E-state index < -0.39 is 0 Å². The smallest absolute Gasteiger partial charge is 0.254 e. The third kappa shape index (κ3) is 2.88. The fraction of sp³-hybridized carbons (Fsp3) is 0.278. The maximum absolute atomic E-state index is 13.1. The zero-order valence-corrected chi connectivity index (χ0v) is 13.9. The molecular weight excluding hydrogens is 316 g/mol. The van der Waals surface area contributed by atoms with Gasteiger partial charge in [-0.05, 0) is 60.5 Å². The van der Waals surface area contributed by atoms with Crippen LogP contribution in [0.1, 0.15) is 40.8 Å². The Bertz CT molecular complexity index is 891. The van der Waals surface area contributed by atoms with Crippen LogP contribution in [-0.2, 0) is 0 Å². The minimum atomic E-state index is 0.0146. The molecule has 1 amide bonds. The molecule has 0 spiro atoms. The van der Waals surface area contributed by atoms with Crippen LogP contribution in [0.4, 0.5) is 0 Å². The molecule has 1 saturated heterocycles. The number of tetrazole rings is 1. The van der Waals surface area contributed by atoms with Crippen molar-refractivity contribution in [2.45, 2.75) is 25.8 Å². The number of aromatic nitrogens is 5. The molecule has 0 radical (unpaired) electrons. The van der Waals surface area contributed by atoms with Gasteiger partial charge in [0.05, 0.1) is 17.4 Å². The number of aryl methyl sites for hydroxylation is 1. The predicted octanol–water partition coefficient (Wildman–Crippen LogP) is 2.34. The van der Waals surface area contributed by atoms with Crippen molar-refractivity contribution in [3.8, 4) is 5.69 Å². The average molecular weight is 334 g/mol. The highest BCUT2D eigenvalue weighted by molar-refractivity contribution is 5.95. The van der Waals surface area contributed by atoms with E-state index in [1.807, 2.05) is 54.3 Å². The van der Waals surface area contributed by atoms with E-state index in [0.29, 0.717) is 11.4 Å². The monoisotopic (exact) mass is 334 g/mol. The first kappa shape index (κ1) is 15.4. The Morgan fingerprint density at radius 3 is 2.88 bits per heavy atom. The minimum absolute atomic E-state index is 0.0146. The standard InChI is InChI=1S/C18H18N6O/c1-13-20-21-22-24(13)15-7-4-6-14(12-15)18(25)23-11-5-9-17(23)16-8-2-3-10-19-16/h2-4,6-8,10,12,17H,5,9,11H2,1H3. The molecule has 3 heterocycles. The lowest BCUT2D eigenvalue weighted by atomic mass is 10.1. The summed E-state index contributed by atoms with van der Waals surface area (Å²) in [5.41, 5.74) is 2.36. The Morgan fingerprint density at radius 2 is 2.12 bits per heavy atom. The number of carbonyl (C=O) groups is 1. The summed E-state index contributed by atoms with van der Waals surface area (Å²) in [5.74, 6) is 0.692. The van der Waals surface area contributed by atoms with Crippen LogP contribution in [0.5, 0.6) is 0 Å². The lowest BCUT2D eigenvalue weighted by molar-refractivity contribution is 0.0733. The molecule has 7 heteroatoms. The molecule has 1 fully saturated rings. The first-order valence-electron chi connectivity index (χ1n) is 8.31. The van der Waals surface area contributed by atoms with Gasteiger partial charge < -0.3 is 4.90 Å². The van der Waals surface area contributed by atoms with Gasteiger partial charge in [0, 0.05) is 18.3 Å². The second kappa shape index (κ2) is 6.43. The van der Waals surface area contributed by atoms with E-state index in [9.17, 15) is 4.79 Å². The highest BCUT2D eigenvalue weighted by atomic mass is 16.2. The maximum atomic E-state index is 13.1.